The highest BCUT2D eigenvalue weighted by atomic mass is 16.4. The van der Waals surface area contributed by atoms with Crippen LogP contribution in [0.3, 0.4) is 0 Å². The second-order valence-electron chi connectivity index (χ2n) is 6.76. The summed E-state index contributed by atoms with van der Waals surface area (Å²) in [5.41, 5.74) is 16.0. The first-order valence-electron chi connectivity index (χ1n) is 9.37. The first kappa shape index (κ1) is 26.3. The average molecular weight is 416 g/mol. The summed E-state index contributed by atoms with van der Waals surface area (Å²) < 4.78 is 0. The summed E-state index contributed by atoms with van der Waals surface area (Å²) >= 11 is 0. The molecule has 29 heavy (non-hydrogen) atoms. The van der Waals surface area contributed by atoms with Crippen molar-refractivity contribution in [1.82, 2.24) is 16.0 Å². The smallest absolute Gasteiger partial charge is 0.326 e. The molecular weight excluding hydrogens is 384 g/mol. The van der Waals surface area contributed by atoms with Gasteiger partial charge in [0.25, 0.3) is 0 Å². The molecule has 166 valence electrons. The number of aliphatic carboxylic acids is 1. The fraction of sp³-hybridized carbons (Fsp3) is 0.706. The minimum Gasteiger partial charge on any atom is -0.480 e. The van der Waals surface area contributed by atoms with Crippen molar-refractivity contribution in [2.24, 2.45) is 17.2 Å². The molecule has 0 bridgehead atoms. The molecule has 0 fully saturated rings. The normalized spacial score (nSPS) is 14.8. The van der Waals surface area contributed by atoms with Crippen molar-refractivity contribution in [2.45, 2.75) is 70.1 Å². The molecule has 0 aliphatic rings. The Balaban J connectivity index is 4.57. The van der Waals surface area contributed by atoms with Crippen LogP contribution in [0.1, 0.15) is 46.0 Å². The fourth-order valence-corrected chi connectivity index (χ4v) is 2.27. The van der Waals surface area contributed by atoms with Gasteiger partial charge >= 0.3 is 5.97 Å². The molecule has 12 nitrogen and oxygen atoms in total. The number of amides is 4. The highest BCUT2D eigenvalue weighted by molar-refractivity contribution is 5.93. The van der Waals surface area contributed by atoms with E-state index in [2.05, 4.69) is 16.0 Å². The lowest BCUT2D eigenvalue weighted by molar-refractivity contribution is -0.142. The summed E-state index contributed by atoms with van der Waals surface area (Å²) in [5.74, 6) is -3.74. The number of nitrogens with two attached hydrogens (primary N) is 3. The minimum atomic E-state index is -1.18. The van der Waals surface area contributed by atoms with Crippen LogP contribution in [0.15, 0.2) is 0 Å². The molecule has 0 aliphatic heterocycles. The van der Waals surface area contributed by atoms with E-state index >= 15 is 0 Å². The Morgan fingerprint density at radius 3 is 1.86 bits per heavy atom. The Kier molecular flexibility index (Phi) is 12.2. The molecule has 4 atom stereocenters. The minimum absolute atomic E-state index is 0.0368. The van der Waals surface area contributed by atoms with Gasteiger partial charge in [0.15, 0.2) is 0 Å². The van der Waals surface area contributed by atoms with Crippen molar-refractivity contribution in [3.05, 3.63) is 0 Å². The monoisotopic (exact) mass is 416 g/mol. The standard InChI is InChI=1S/C17H32N6O6/c1-9(22-16(27)11(19)6-7-13(20)24)14(25)21-10(2)15(26)23-12(17(28)29)5-3-4-8-18/h9-12H,3-8,18-19H2,1-2H3,(H2,20,24)(H,21,25)(H,22,27)(H,23,26)(H,28,29)/t9-,10-,11-,12-/m0/s1. The van der Waals surface area contributed by atoms with E-state index in [-0.39, 0.29) is 19.3 Å². The van der Waals surface area contributed by atoms with E-state index in [1.165, 1.54) is 13.8 Å². The van der Waals surface area contributed by atoms with Crippen LogP contribution in [0.2, 0.25) is 0 Å². The molecule has 0 rings (SSSR count). The number of carboxylic acids is 1. The Morgan fingerprint density at radius 1 is 0.862 bits per heavy atom. The molecule has 0 aromatic heterocycles. The van der Waals surface area contributed by atoms with Gasteiger partial charge in [-0.2, -0.15) is 0 Å². The molecule has 0 saturated carbocycles. The van der Waals surface area contributed by atoms with E-state index in [9.17, 15) is 29.1 Å². The maximum absolute atomic E-state index is 12.2. The van der Waals surface area contributed by atoms with E-state index in [0.717, 1.165) is 0 Å². The zero-order valence-corrected chi connectivity index (χ0v) is 16.8. The van der Waals surface area contributed by atoms with Crippen molar-refractivity contribution in [3.63, 3.8) is 0 Å². The number of carbonyl (C=O) groups excluding carboxylic acids is 4. The molecule has 0 aromatic rings. The molecule has 0 unspecified atom stereocenters. The fourth-order valence-electron chi connectivity index (χ4n) is 2.27. The molecule has 0 radical (unpaired) electrons. The molecule has 12 heteroatoms. The Bertz CT molecular complexity index is 599. The number of carboxylic acid groups (broad SMARTS) is 1. The zero-order chi connectivity index (χ0) is 22.6. The van der Waals surface area contributed by atoms with E-state index in [1.54, 1.807) is 0 Å². The number of nitrogens with one attached hydrogen (secondary N) is 3. The predicted octanol–water partition coefficient (Wildman–Crippen LogP) is -2.71. The summed E-state index contributed by atoms with van der Waals surface area (Å²) in [6.45, 7) is 3.20. The Labute approximate surface area is 169 Å². The lowest BCUT2D eigenvalue weighted by atomic mass is 10.1. The van der Waals surface area contributed by atoms with Crippen molar-refractivity contribution in [1.29, 1.82) is 0 Å². The van der Waals surface area contributed by atoms with Crippen molar-refractivity contribution in [3.8, 4) is 0 Å². The second kappa shape index (κ2) is 13.4. The maximum Gasteiger partial charge on any atom is 0.326 e. The lowest BCUT2D eigenvalue weighted by Crippen LogP contribution is -2.55. The lowest BCUT2D eigenvalue weighted by Gasteiger charge is -2.21. The van der Waals surface area contributed by atoms with E-state index in [4.69, 9.17) is 17.2 Å². The predicted molar refractivity (Wildman–Crippen MR) is 104 cm³/mol. The second-order valence-corrected chi connectivity index (χ2v) is 6.76. The Hall–Kier alpha value is -2.73. The third kappa shape index (κ3) is 11.0. The molecule has 0 spiro atoms. The third-order valence-electron chi connectivity index (χ3n) is 4.10. The molecule has 4 amide bonds. The number of unbranched alkanes of at least 4 members (excludes halogenated alkanes) is 1. The largest absolute Gasteiger partial charge is 0.480 e. The highest BCUT2D eigenvalue weighted by Gasteiger charge is 2.26. The zero-order valence-electron chi connectivity index (χ0n) is 16.8. The van der Waals surface area contributed by atoms with Crippen LogP contribution in [0.5, 0.6) is 0 Å². The van der Waals surface area contributed by atoms with Gasteiger partial charge in [-0.15, -0.1) is 0 Å². The van der Waals surface area contributed by atoms with E-state index in [0.29, 0.717) is 19.4 Å². The van der Waals surface area contributed by atoms with Crippen LogP contribution >= 0.6 is 0 Å². The van der Waals surface area contributed by atoms with Gasteiger partial charge in [-0.3, -0.25) is 19.2 Å². The van der Waals surface area contributed by atoms with Gasteiger partial charge in [-0.1, -0.05) is 0 Å². The van der Waals surface area contributed by atoms with Crippen molar-refractivity contribution < 1.29 is 29.1 Å². The van der Waals surface area contributed by atoms with Gasteiger partial charge in [-0.25, -0.2) is 4.79 Å². The summed E-state index contributed by atoms with van der Waals surface area (Å²) in [5, 5.41) is 16.3. The topological polar surface area (TPSA) is 220 Å². The first-order valence-corrected chi connectivity index (χ1v) is 9.37. The Morgan fingerprint density at radius 2 is 1.38 bits per heavy atom. The van der Waals surface area contributed by atoms with Gasteiger partial charge in [0.2, 0.25) is 23.6 Å². The molecule has 0 aliphatic carbocycles. The van der Waals surface area contributed by atoms with Crippen molar-refractivity contribution in [2.75, 3.05) is 6.54 Å². The van der Waals surface area contributed by atoms with E-state index in [1.807, 2.05) is 0 Å². The average Bonchev–Trinajstić information content (AvgIpc) is 2.64. The summed E-state index contributed by atoms with van der Waals surface area (Å²) in [6.07, 6.45) is 1.35. The molecule has 0 heterocycles. The van der Waals surface area contributed by atoms with Gasteiger partial charge in [0.05, 0.1) is 6.04 Å². The van der Waals surface area contributed by atoms with Gasteiger partial charge < -0.3 is 38.3 Å². The molecular formula is C17H32N6O6. The third-order valence-corrected chi connectivity index (χ3v) is 4.10. The van der Waals surface area contributed by atoms with Gasteiger partial charge in [-0.05, 0) is 46.1 Å². The number of primary amides is 1. The number of rotatable bonds is 14. The molecule has 0 saturated heterocycles. The van der Waals surface area contributed by atoms with Gasteiger partial charge in [0.1, 0.15) is 18.1 Å². The maximum atomic E-state index is 12.2. The summed E-state index contributed by atoms with van der Waals surface area (Å²) in [6, 6.07) is -4.13. The van der Waals surface area contributed by atoms with Crippen LogP contribution in [-0.4, -0.2) is 65.4 Å². The number of carbonyl (C=O) groups is 5. The first-order chi connectivity index (χ1) is 13.5. The van der Waals surface area contributed by atoms with Crippen molar-refractivity contribution >= 4 is 29.6 Å². The quantitative estimate of drug-likeness (QED) is 0.147. The summed E-state index contributed by atoms with van der Waals surface area (Å²) in [4.78, 5) is 58.2. The van der Waals surface area contributed by atoms with Gasteiger partial charge in [0, 0.05) is 6.42 Å². The van der Waals surface area contributed by atoms with Crippen LogP contribution in [0.4, 0.5) is 0 Å². The summed E-state index contributed by atoms with van der Waals surface area (Å²) in [7, 11) is 0. The number of hydrogen-bond donors (Lipinski definition) is 7. The molecule has 10 N–H and O–H groups in total. The van der Waals surface area contributed by atoms with E-state index < -0.39 is 53.8 Å². The van der Waals surface area contributed by atoms with Crippen LogP contribution < -0.4 is 33.2 Å². The molecule has 0 aromatic carbocycles. The SMILES string of the molecule is C[C@H](NC(=O)[C@H](C)NC(=O)[C@@H](N)CCC(N)=O)C(=O)N[C@@H](CCCCN)C(=O)O. The van der Waals surface area contributed by atoms with Crippen LogP contribution in [0.25, 0.3) is 0 Å². The van der Waals surface area contributed by atoms with Crippen LogP contribution in [-0.2, 0) is 24.0 Å². The van der Waals surface area contributed by atoms with Crippen LogP contribution in [0, 0.1) is 0 Å². The number of hydrogen-bond acceptors (Lipinski definition) is 7. The highest BCUT2D eigenvalue weighted by Crippen LogP contribution is 2.02.